The van der Waals surface area contributed by atoms with Gasteiger partial charge in [0.25, 0.3) is 23.4 Å². The minimum atomic E-state index is -0.856. The first-order valence-electron chi connectivity index (χ1n) is 10.9. The summed E-state index contributed by atoms with van der Waals surface area (Å²) in [5.74, 6) is -1.74. The average Bonchev–Trinajstić information content (AvgIpc) is 3.28. The molecule has 178 valence electrons. The summed E-state index contributed by atoms with van der Waals surface area (Å²) in [5, 5.41) is 9.63. The third-order valence-electron chi connectivity index (χ3n) is 5.23. The van der Waals surface area contributed by atoms with Crippen LogP contribution in [0.1, 0.15) is 50.9 Å². The lowest BCUT2D eigenvalue weighted by Crippen LogP contribution is -2.28. The Hall–Kier alpha value is -4.60. The number of fused-ring (bicyclic) bond motifs is 1. The van der Waals surface area contributed by atoms with Crippen molar-refractivity contribution in [2.75, 3.05) is 11.9 Å². The van der Waals surface area contributed by atoms with Crippen molar-refractivity contribution >= 4 is 29.2 Å². The van der Waals surface area contributed by atoms with Crippen LogP contribution in [0.4, 0.5) is 5.69 Å². The van der Waals surface area contributed by atoms with Crippen molar-refractivity contribution in [2.45, 2.75) is 26.8 Å². The smallest absolute Gasteiger partial charge is 0.378 e. The number of amides is 2. The fraction of sp³-hybridized carbons (Fsp3) is 0.200. The van der Waals surface area contributed by atoms with E-state index in [2.05, 4.69) is 25.7 Å². The molecule has 0 aliphatic rings. The number of hydrogen-bond acceptors (Lipinski definition) is 7. The van der Waals surface area contributed by atoms with Gasteiger partial charge in [-0.1, -0.05) is 42.5 Å². The van der Waals surface area contributed by atoms with Crippen molar-refractivity contribution in [3.05, 3.63) is 89.0 Å². The minimum absolute atomic E-state index is 0.200. The quantitative estimate of drug-likeness (QED) is 0.396. The summed E-state index contributed by atoms with van der Waals surface area (Å²) in [6, 6.07) is 17.7. The summed E-state index contributed by atoms with van der Waals surface area (Å²) in [6.07, 6.45) is 0. The maximum Gasteiger partial charge on any atom is 0.378 e. The predicted molar refractivity (Wildman–Crippen MR) is 128 cm³/mol. The van der Waals surface area contributed by atoms with Crippen LogP contribution in [-0.4, -0.2) is 44.0 Å². The maximum absolute atomic E-state index is 12.8. The number of nitrogens with one attached hydrogen (secondary N) is 2. The van der Waals surface area contributed by atoms with Gasteiger partial charge in [0, 0.05) is 11.4 Å². The van der Waals surface area contributed by atoms with Crippen LogP contribution in [-0.2, 0) is 9.53 Å². The molecule has 0 spiro atoms. The highest BCUT2D eigenvalue weighted by atomic mass is 16.5. The molecule has 1 atom stereocenters. The zero-order valence-electron chi connectivity index (χ0n) is 19.5. The van der Waals surface area contributed by atoms with Gasteiger partial charge in [-0.15, -0.1) is 5.10 Å². The van der Waals surface area contributed by atoms with E-state index in [9.17, 15) is 14.4 Å². The van der Waals surface area contributed by atoms with Gasteiger partial charge in [-0.05, 0) is 44.5 Å². The number of carbonyl (C=O) groups excluding carboxylic acids is 3. The van der Waals surface area contributed by atoms with E-state index in [4.69, 9.17) is 4.74 Å². The summed E-state index contributed by atoms with van der Waals surface area (Å²) in [5.41, 5.74) is 3.03. The fourth-order valence-electron chi connectivity index (χ4n) is 3.52. The molecule has 0 saturated carbocycles. The molecular formula is C25H24N6O4. The Balaban J connectivity index is 1.38. The SMILES string of the molecule is Cc1cc(C)n2nc(C(=O)OCC(=O)Nc3ccccc3C(=O)N[C@@H](C)c3ccccc3)nc2n1. The van der Waals surface area contributed by atoms with Gasteiger partial charge < -0.3 is 15.4 Å². The molecule has 35 heavy (non-hydrogen) atoms. The van der Waals surface area contributed by atoms with E-state index in [0.717, 1.165) is 17.0 Å². The highest BCUT2D eigenvalue weighted by Gasteiger charge is 2.19. The molecule has 2 heterocycles. The van der Waals surface area contributed by atoms with E-state index in [1.54, 1.807) is 30.3 Å². The van der Waals surface area contributed by atoms with Gasteiger partial charge in [0.1, 0.15) is 0 Å². The summed E-state index contributed by atoms with van der Waals surface area (Å²) in [4.78, 5) is 46.0. The number of rotatable bonds is 7. The third kappa shape index (κ3) is 5.49. The van der Waals surface area contributed by atoms with Crippen molar-refractivity contribution in [3.63, 3.8) is 0 Å². The molecule has 2 aromatic heterocycles. The highest BCUT2D eigenvalue weighted by Crippen LogP contribution is 2.18. The van der Waals surface area contributed by atoms with Crippen LogP contribution in [0.5, 0.6) is 0 Å². The molecule has 10 heteroatoms. The van der Waals surface area contributed by atoms with Crippen molar-refractivity contribution in [2.24, 2.45) is 0 Å². The number of benzene rings is 2. The molecule has 4 aromatic rings. The van der Waals surface area contributed by atoms with E-state index in [1.807, 2.05) is 51.1 Å². The van der Waals surface area contributed by atoms with E-state index >= 15 is 0 Å². The van der Waals surface area contributed by atoms with Gasteiger partial charge in [-0.25, -0.2) is 14.3 Å². The number of nitrogens with zero attached hydrogens (tertiary/aromatic N) is 4. The fourth-order valence-corrected chi connectivity index (χ4v) is 3.52. The number of carbonyl (C=O) groups is 3. The van der Waals surface area contributed by atoms with Crippen LogP contribution < -0.4 is 10.6 Å². The topological polar surface area (TPSA) is 128 Å². The lowest BCUT2D eigenvalue weighted by Gasteiger charge is -2.16. The average molecular weight is 473 g/mol. The zero-order chi connectivity index (χ0) is 24.9. The van der Waals surface area contributed by atoms with Gasteiger partial charge in [0.15, 0.2) is 6.61 Å². The number of anilines is 1. The molecule has 2 N–H and O–H groups in total. The number of esters is 1. The lowest BCUT2D eigenvalue weighted by atomic mass is 10.1. The molecule has 0 radical (unpaired) electrons. The molecule has 0 fully saturated rings. The van der Waals surface area contributed by atoms with Crippen LogP contribution in [0.3, 0.4) is 0 Å². The molecule has 0 aliphatic carbocycles. The zero-order valence-corrected chi connectivity index (χ0v) is 19.5. The first-order valence-corrected chi connectivity index (χ1v) is 10.9. The van der Waals surface area contributed by atoms with Crippen molar-refractivity contribution in [3.8, 4) is 0 Å². The molecule has 10 nitrogen and oxygen atoms in total. The summed E-state index contributed by atoms with van der Waals surface area (Å²) in [6.45, 7) is 4.92. The monoisotopic (exact) mass is 472 g/mol. The predicted octanol–water partition coefficient (Wildman–Crippen LogP) is 3.03. The molecular weight excluding hydrogens is 448 g/mol. The Labute approximate surface area is 201 Å². The van der Waals surface area contributed by atoms with Crippen LogP contribution in [0.2, 0.25) is 0 Å². The van der Waals surface area contributed by atoms with E-state index in [0.29, 0.717) is 5.69 Å². The number of aromatic nitrogens is 4. The standard InChI is InChI=1S/C25H24N6O4/c1-15-13-16(2)31-25(26-15)29-22(30-31)24(34)35-14-21(32)28-20-12-8-7-11-19(20)23(33)27-17(3)18-9-5-4-6-10-18/h4-13,17H,14H2,1-3H3,(H,27,33)(H,28,32)/t17-/m0/s1. The van der Waals surface area contributed by atoms with Crippen LogP contribution in [0.25, 0.3) is 5.78 Å². The maximum atomic E-state index is 12.8. The molecule has 0 bridgehead atoms. The first kappa shape index (κ1) is 23.6. The first-order chi connectivity index (χ1) is 16.8. The van der Waals surface area contributed by atoms with Gasteiger partial charge in [0.2, 0.25) is 0 Å². The lowest BCUT2D eigenvalue weighted by molar-refractivity contribution is -0.119. The molecule has 2 amide bonds. The molecule has 0 unspecified atom stereocenters. The molecule has 0 aliphatic heterocycles. The third-order valence-corrected chi connectivity index (χ3v) is 5.23. The van der Waals surface area contributed by atoms with Gasteiger partial charge in [-0.2, -0.15) is 4.98 Å². The Morgan fingerprint density at radius 2 is 1.71 bits per heavy atom. The number of ether oxygens (including phenoxy) is 1. The molecule has 4 rings (SSSR count). The van der Waals surface area contributed by atoms with Gasteiger partial charge in [-0.3, -0.25) is 9.59 Å². The van der Waals surface area contributed by atoms with Gasteiger partial charge in [0.05, 0.1) is 17.3 Å². The van der Waals surface area contributed by atoms with Crippen LogP contribution >= 0.6 is 0 Å². The second-order valence-corrected chi connectivity index (χ2v) is 7.96. The van der Waals surface area contributed by atoms with Crippen molar-refractivity contribution < 1.29 is 19.1 Å². The summed E-state index contributed by atoms with van der Waals surface area (Å²) >= 11 is 0. The van der Waals surface area contributed by atoms with E-state index in [-0.39, 0.29) is 29.1 Å². The van der Waals surface area contributed by atoms with E-state index in [1.165, 1.54) is 4.52 Å². The summed E-state index contributed by atoms with van der Waals surface area (Å²) in [7, 11) is 0. The van der Waals surface area contributed by atoms with Crippen LogP contribution in [0, 0.1) is 13.8 Å². The number of aryl methyl sites for hydroxylation is 2. The Kier molecular flexibility index (Phi) is 6.81. The Morgan fingerprint density at radius 1 is 1.00 bits per heavy atom. The second kappa shape index (κ2) is 10.1. The van der Waals surface area contributed by atoms with E-state index < -0.39 is 18.5 Å². The number of hydrogen-bond donors (Lipinski definition) is 2. The number of para-hydroxylation sites is 1. The van der Waals surface area contributed by atoms with Crippen LogP contribution in [0.15, 0.2) is 60.7 Å². The van der Waals surface area contributed by atoms with Gasteiger partial charge >= 0.3 is 5.97 Å². The minimum Gasteiger partial charge on any atom is -0.450 e. The highest BCUT2D eigenvalue weighted by molar-refractivity contribution is 6.04. The normalized spacial score (nSPS) is 11.6. The Bertz CT molecular complexity index is 1400. The molecule has 2 aromatic carbocycles. The molecule has 0 saturated heterocycles. The van der Waals surface area contributed by atoms with Crippen molar-refractivity contribution in [1.29, 1.82) is 0 Å². The largest absolute Gasteiger partial charge is 0.450 e. The summed E-state index contributed by atoms with van der Waals surface area (Å²) < 4.78 is 6.49. The Morgan fingerprint density at radius 3 is 2.49 bits per heavy atom. The second-order valence-electron chi connectivity index (χ2n) is 7.96. The van der Waals surface area contributed by atoms with Crippen molar-refractivity contribution in [1.82, 2.24) is 24.9 Å².